The zero-order valence-electron chi connectivity index (χ0n) is 76.0. The van der Waals surface area contributed by atoms with Crippen molar-refractivity contribution in [2.45, 2.75) is 376 Å². The van der Waals surface area contributed by atoms with Crippen LogP contribution in [-0.2, 0) is 104 Å². The molecule has 1 amide bonds. The lowest BCUT2D eigenvalue weighted by atomic mass is 9.92. The molecule has 0 bridgehead atoms. The Balaban J connectivity index is 0. The highest BCUT2D eigenvalue weighted by molar-refractivity contribution is 7.91. The summed E-state index contributed by atoms with van der Waals surface area (Å²) in [5, 5.41) is 58.7. The molecule has 14 unspecified atom stereocenters. The average Bonchev–Trinajstić information content (AvgIpc) is 1.68. The lowest BCUT2D eigenvalue weighted by molar-refractivity contribution is -0.159. The first-order valence-corrected chi connectivity index (χ1v) is 46.2. The van der Waals surface area contributed by atoms with E-state index < -0.39 is 118 Å². The van der Waals surface area contributed by atoms with E-state index in [9.17, 15) is 30.0 Å². The van der Waals surface area contributed by atoms with Crippen LogP contribution in [0.15, 0.2) is 4.74 Å². The Bertz CT molecular complexity index is 2620. The molecule has 0 saturated carbocycles. The summed E-state index contributed by atoms with van der Waals surface area (Å²) in [6, 6.07) is -1.15. The van der Waals surface area contributed by atoms with Crippen molar-refractivity contribution in [2.75, 3.05) is 109 Å². The van der Waals surface area contributed by atoms with Gasteiger partial charge in [-0.25, -0.2) is 6.57 Å². The smallest absolute Gasteiger partial charge is 0.306 e. The Labute approximate surface area is 728 Å². The first-order chi connectivity index (χ1) is 56.1. The van der Waals surface area contributed by atoms with Crippen LogP contribution in [-0.4, -0.2) is 387 Å². The summed E-state index contributed by atoms with van der Waals surface area (Å²) in [6.07, 6.45) is -2.90. The van der Waals surface area contributed by atoms with Crippen molar-refractivity contribution in [3.63, 3.8) is 0 Å². The number of hydrogen-bond donors (Lipinski definition) is 6. The molecule has 6 saturated heterocycles. The van der Waals surface area contributed by atoms with Gasteiger partial charge in [0, 0.05) is 123 Å². The molecule has 0 spiro atoms. The summed E-state index contributed by atoms with van der Waals surface area (Å²) in [7, 11) is 44.6. The molecule has 6 aliphatic rings. The number of carbonyl (C=O) groups excluding carboxylic acids is 2. The molecule has 119 heavy (non-hydrogen) atoms. The number of methoxy groups -OCH3 is 6. The number of esters is 1. The lowest BCUT2D eigenvalue weighted by Crippen LogP contribution is -2.40. The molecule has 31 nitrogen and oxygen atoms in total. The fraction of sp³-hybridized carbons (Fsp3) is 0.949. The van der Waals surface area contributed by atoms with Crippen LogP contribution in [0.4, 0.5) is 0 Å². The van der Waals surface area contributed by atoms with Gasteiger partial charge in [-0.1, -0.05) is 73.6 Å². The van der Waals surface area contributed by atoms with E-state index in [1.807, 2.05) is 96.7 Å². The van der Waals surface area contributed by atoms with Crippen molar-refractivity contribution in [2.24, 2.45) is 4.74 Å². The zero-order chi connectivity index (χ0) is 91.4. The summed E-state index contributed by atoms with van der Waals surface area (Å²) in [6.45, 7) is 44.8. The first-order valence-electron chi connectivity index (χ1n) is 41.7. The van der Waals surface area contributed by atoms with E-state index >= 15 is 0 Å². The van der Waals surface area contributed by atoms with Gasteiger partial charge >= 0.3 is 5.97 Å². The second-order valence-electron chi connectivity index (χ2n) is 29.9. The molecule has 6 N–H and O–H groups in total. The number of carbonyl (C=O) groups is 2. The lowest BCUT2D eigenvalue weighted by Gasteiger charge is -2.27. The molecule has 6 heterocycles. The SMILES string of the molecule is CC(C)N=P(Cl)(CCC#N)C(C)C.CCC(C)OC.[B][C@@H]1O[C@H](CC)C(O)[C@@H]1O.[B][C@@H]1O[C@H](CC)C(O)[C@@H]1OCC(C)OC.[B][C@@H]1O[C@H](CC)C(O)[C@@H]1OCC(C)OC.[B][C@@H]1O[C@H](CC)C(O)[C@@H]1OCC(C)OC.[B][C@@H]1O[C@H](CC)C(OC(=O)CCC(=O)NC)[C@@H]1OCC(C)OC.[B][C@@H]1O[C@H](CC)C(OP(C)OCC[N+]#[C-])[C@@H]1OCC(C)OC. The van der Waals surface area contributed by atoms with Gasteiger partial charge in [-0.3, -0.25) is 14.3 Å². The standard InChI is InChI=1S/C15H26BNO6.C14H25BNO5P.3C10H19BO4.C9H18ClN2P.C6H11BO3.C5H12O/c1-5-10-13(23-12(19)7-6-11(18)17-3)14(15(16)22-10)21-8-9(2)20-4;1-6-11-12(21-22(5)19-8-7-16-3)13(14(15)20-11)18-9-10(2)17-4;3*1-4-7-8(12)9(10(11)15-7)14-5-6(2)13-3;1-8(2)12-13(10,9(3)4)7-5-6-11;1-2-3-4(8)5(9)6(7)10-3;1-4-5(2)6-3/h9-10,13-15H,5-8H2,1-4H3,(H,17,18);10-14H,6-9H2,1-2,4-5H3;3*6-10,12H,4-5H2,1-3H3;8-9H,5,7H2,1-4H3;3-6,8-9H,2H2,1H3;5H,4H2,1-3H3/t9?,10-,13?,14+,15-;10?,11-,12?,13+,14-,22?;3*6?,7-,8?,9+,10-;;3-,4?,5+,6-;/m11111.1./s1. The van der Waals surface area contributed by atoms with E-state index in [4.69, 9.17) is 170 Å². The number of amides is 1. The molecule has 12 radical (unpaired) electrons. The van der Waals surface area contributed by atoms with Gasteiger partial charge in [0.1, 0.15) is 115 Å². The number of nitriles is 1. The number of nitrogens with zero attached hydrogens (tertiary/aromatic N) is 3. The molecular weight excluding hydrogens is 1600 g/mol. The molecule has 40 heteroatoms. The van der Waals surface area contributed by atoms with Gasteiger partial charge in [0.25, 0.3) is 0 Å². The Hall–Kier alpha value is -1.70. The fourth-order valence-corrected chi connectivity index (χ4v) is 15.4. The molecule has 0 aromatic heterocycles. The topological polar surface area (TPSA) is 372 Å². The second kappa shape index (κ2) is 67.5. The van der Waals surface area contributed by atoms with Crippen molar-refractivity contribution in [3.8, 4) is 6.07 Å². The number of rotatable bonds is 41. The zero-order valence-corrected chi connectivity index (χ0v) is 78.5. The minimum absolute atomic E-state index is 0.00302. The third-order valence-electron chi connectivity index (χ3n) is 19.8. The quantitative estimate of drug-likeness (QED) is 0.0120. The molecule has 0 aromatic rings. The minimum Gasteiger partial charge on any atom is -0.457 e. The van der Waals surface area contributed by atoms with Gasteiger partial charge in [-0.15, -0.1) is 0 Å². The summed E-state index contributed by atoms with van der Waals surface area (Å²) in [4.78, 5) is 26.4. The summed E-state index contributed by atoms with van der Waals surface area (Å²) >= 11 is 6.44. The van der Waals surface area contributed by atoms with Crippen LogP contribution in [0.2, 0.25) is 0 Å². The van der Waals surface area contributed by atoms with Crippen molar-refractivity contribution < 1.29 is 129 Å². The van der Waals surface area contributed by atoms with Crippen LogP contribution in [0.3, 0.4) is 0 Å². The molecule has 0 aliphatic carbocycles. The molecular formula is C79H149B6ClN4O27P2. The van der Waals surface area contributed by atoms with Crippen LogP contribution < -0.4 is 5.32 Å². The highest BCUT2D eigenvalue weighted by atomic mass is 35.7. The van der Waals surface area contributed by atoms with Gasteiger partial charge in [0.2, 0.25) is 12.5 Å². The molecule has 32 atom stereocenters. The molecule has 6 aliphatic heterocycles. The Morgan fingerprint density at radius 2 is 0.815 bits per heavy atom. The molecule has 0 aromatic carbocycles. The highest BCUT2D eigenvalue weighted by Gasteiger charge is 2.48. The Morgan fingerprint density at radius 3 is 1.08 bits per heavy atom. The first kappa shape index (κ1) is 119. The number of halogens is 1. The average molecular weight is 1750 g/mol. The van der Waals surface area contributed by atoms with E-state index in [-0.39, 0.29) is 104 Å². The third-order valence-corrected chi connectivity index (χ3v) is 26.1. The Morgan fingerprint density at radius 1 is 0.496 bits per heavy atom. The fourth-order valence-electron chi connectivity index (χ4n) is 11.6. The number of hydrogen-bond acceptors (Lipinski definition) is 29. The minimum atomic E-state index is -1.74. The van der Waals surface area contributed by atoms with Crippen LogP contribution in [0.5, 0.6) is 0 Å². The van der Waals surface area contributed by atoms with E-state index in [2.05, 4.69) is 48.7 Å². The second-order valence-corrected chi connectivity index (χ2v) is 36.2. The van der Waals surface area contributed by atoms with Gasteiger partial charge < -0.3 is 130 Å². The maximum atomic E-state index is 11.9. The predicted octanol–water partition coefficient (Wildman–Crippen LogP) is 6.85. The molecule has 6 fully saturated rings. The van der Waals surface area contributed by atoms with Crippen molar-refractivity contribution in [1.29, 1.82) is 5.26 Å². The van der Waals surface area contributed by atoms with E-state index in [1.54, 1.807) is 42.7 Å². The number of aliphatic hydroxyl groups is 5. The van der Waals surface area contributed by atoms with E-state index in [0.717, 1.165) is 38.3 Å². The van der Waals surface area contributed by atoms with Crippen molar-refractivity contribution >= 4 is 85.0 Å². The Kier molecular flexibility index (Phi) is 67.7. The molecule has 6 rings (SSSR count). The monoisotopic (exact) mass is 1750 g/mol. The maximum Gasteiger partial charge on any atom is 0.306 e. The van der Waals surface area contributed by atoms with Crippen LogP contribution >= 0.6 is 26.0 Å². The van der Waals surface area contributed by atoms with Gasteiger partial charge in [0.15, 0.2) is 14.5 Å². The maximum absolute atomic E-state index is 11.9. The largest absolute Gasteiger partial charge is 0.457 e. The third kappa shape index (κ3) is 46.2. The van der Waals surface area contributed by atoms with Gasteiger partial charge in [0.05, 0.1) is 131 Å². The molecule has 682 valence electrons. The van der Waals surface area contributed by atoms with Gasteiger partial charge in [-0.05, 0) is 100 Å². The van der Waals surface area contributed by atoms with Crippen LogP contribution in [0.25, 0.3) is 4.85 Å². The number of ether oxygens (including phenoxy) is 18. The number of aliphatic hydroxyl groups excluding tert-OH is 5. The summed E-state index contributed by atoms with van der Waals surface area (Å²) in [5.41, 5.74) is 0.380. The van der Waals surface area contributed by atoms with Crippen LogP contribution in [0, 0.1) is 17.9 Å². The van der Waals surface area contributed by atoms with Crippen molar-refractivity contribution in [1.82, 2.24) is 5.32 Å². The van der Waals surface area contributed by atoms with Crippen LogP contribution in [0.1, 0.15) is 182 Å². The normalized spacial score (nSPS) is 32.1. The van der Waals surface area contributed by atoms with Crippen molar-refractivity contribution in [3.05, 3.63) is 11.4 Å². The predicted molar refractivity (Wildman–Crippen MR) is 465 cm³/mol. The van der Waals surface area contributed by atoms with E-state index in [1.165, 1.54) is 7.05 Å². The number of nitrogens with one attached hydrogen (secondary N) is 1. The van der Waals surface area contributed by atoms with E-state index in [0.29, 0.717) is 77.2 Å². The highest BCUT2D eigenvalue weighted by Crippen LogP contribution is 2.60. The van der Waals surface area contributed by atoms with Gasteiger partial charge in [-0.2, -0.15) is 5.26 Å². The summed E-state index contributed by atoms with van der Waals surface area (Å²) in [5.74, 6) is -0.682. The summed E-state index contributed by atoms with van der Waals surface area (Å²) < 4.78 is 112.